The van der Waals surface area contributed by atoms with Crippen LogP contribution >= 0.6 is 39.1 Å². The molecule has 0 fully saturated rings. The van der Waals surface area contributed by atoms with E-state index in [1.165, 1.54) is 0 Å². The van der Waals surface area contributed by atoms with E-state index in [1.54, 1.807) is 12.1 Å². The van der Waals surface area contributed by atoms with Gasteiger partial charge in [0.1, 0.15) is 0 Å². The smallest absolute Gasteiger partial charge is 0.152 e. The monoisotopic (exact) mass is 252 g/mol. The predicted octanol–water partition coefficient (Wildman–Crippen LogP) is 3.57. The molecule has 0 N–H and O–H groups in total. The molecule has 0 saturated carbocycles. The summed E-state index contributed by atoms with van der Waals surface area (Å²) in [5.41, 5.74) is 0.388. The molecule has 0 aliphatic rings. The molecule has 0 radical (unpaired) electrons. The van der Waals surface area contributed by atoms with Crippen LogP contribution < -0.4 is 0 Å². The molecule has 0 atom stereocenters. The highest BCUT2D eigenvalue weighted by molar-refractivity contribution is 9.10. The van der Waals surface area contributed by atoms with Crippen molar-refractivity contribution >= 4 is 45.4 Å². The van der Waals surface area contributed by atoms with E-state index in [2.05, 4.69) is 15.9 Å². The average molecular weight is 254 g/mol. The molecule has 0 spiro atoms. The SMILES string of the molecule is O=Cc1c(Cl)ccc(Cl)c1Br. The molecule has 1 rings (SSSR count). The van der Waals surface area contributed by atoms with E-state index < -0.39 is 0 Å². The van der Waals surface area contributed by atoms with Crippen molar-refractivity contribution < 1.29 is 4.79 Å². The highest BCUT2D eigenvalue weighted by atomic mass is 79.9. The lowest BCUT2D eigenvalue weighted by Gasteiger charge is -2.00. The molecule has 0 amide bonds. The molecule has 0 bridgehead atoms. The van der Waals surface area contributed by atoms with Crippen molar-refractivity contribution in [1.82, 2.24) is 0 Å². The van der Waals surface area contributed by atoms with Gasteiger partial charge in [-0.2, -0.15) is 0 Å². The number of carbonyl (C=O) groups excluding carboxylic acids is 1. The Bertz CT molecular complexity index is 299. The van der Waals surface area contributed by atoms with Crippen LogP contribution in [0, 0.1) is 0 Å². The molecule has 1 aromatic rings. The summed E-state index contributed by atoms with van der Waals surface area (Å²) < 4.78 is 0.543. The lowest BCUT2D eigenvalue weighted by Crippen LogP contribution is -1.84. The summed E-state index contributed by atoms with van der Waals surface area (Å²) >= 11 is 14.5. The first-order valence-corrected chi connectivity index (χ1v) is 4.30. The van der Waals surface area contributed by atoms with Crippen LogP contribution in [0.3, 0.4) is 0 Å². The normalized spacial score (nSPS) is 9.73. The Morgan fingerprint density at radius 1 is 1.27 bits per heavy atom. The van der Waals surface area contributed by atoms with E-state index in [0.717, 1.165) is 0 Å². The minimum Gasteiger partial charge on any atom is -0.298 e. The molecule has 1 nitrogen and oxygen atoms in total. The summed E-state index contributed by atoms with van der Waals surface area (Å²) in [6.45, 7) is 0. The van der Waals surface area contributed by atoms with Gasteiger partial charge in [-0.1, -0.05) is 23.2 Å². The van der Waals surface area contributed by atoms with E-state index in [4.69, 9.17) is 23.2 Å². The molecule has 0 unspecified atom stereocenters. The topological polar surface area (TPSA) is 17.1 Å². The van der Waals surface area contributed by atoms with Crippen LogP contribution in [0.15, 0.2) is 16.6 Å². The third-order valence-electron chi connectivity index (χ3n) is 1.20. The van der Waals surface area contributed by atoms with E-state index in [1.807, 2.05) is 0 Å². The Labute approximate surface area is 82.4 Å². The fraction of sp³-hybridized carbons (Fsp3) is 0. The van der Waals surface area contributed by atoms with Crippen LogP contribution in [-0.2, 0) is 0 Å². The second-order valence-electron chi connectivity index (χ2n) is 1.87. The fourth-order valence-electron chi connectivity index (χ4n) is 0.651. The van der Waals surface area contributed by atoms with Crippen molar-refractivity contribution in [3.05, 3.63) is 32.2 Å². The maximum Gasteiger partial charge on any atom is 0.152 e. The van der Waals surface area contributed by atoms with Crippen LogP contribution in [0.4, 0.5) is 0 Å². The lowest BCUT2D eigenvalue weighted by molar-refractivity contribution is 0.112. The fourth-order valence-corrected chi connectivity index (χ4v) is 1.57. The Morgan fingerprint density at radius 2 is 1.82 bits per heavy atom. The van der Waals surface area contributed by atoms with Crippen LogP contribution in [0.25, 0.3) is 0 Å². The second kappa shape index (κ2) is 3.57. The van der Waals surface area contributed by atoms with Gasteiger partial charge in [0.15, 0.2) is 6.29 Å². The molecular weight excluding hydrogens is 251 g/mol. The Balaban J connectivity index is 3.40. The zero-order valence-electron chi connectivity index (χ0n) is 5.27. The highest BCUT2D eigenvalue weighted by Crippen LogP contribution is 2.30. The number of carbonyl (C=O) groups is 1. The molecule has 4 heteroatoms. The van der Waals surface area contributed by atoms with Crippen LogP contribution in [0.2, 0.25) is 10.0 Å². The number of rotatable bonds is 1. The van der Waals surface area contributed by atoms with Crippen molar-refractivity contribution in [2.45, 2.75) is 0 Å². The first-order valence-electron chi connectivity index (χ1n) is 2.75. The van der Waals surface area contributed by atoms with Crippen LogP contribution in [0.5, 0.6) is 0 Å². The third-order valence-corrected chi connectivity index (χ3v) is 2.92. The molecule has 1 aromatic carbocycles. The maximum absolute atomic E-state index is 10.4. The van der Waals surface area contributed by atoms with Crippen molar-refractivity contribution in [3.63, 3.8) is 0 Å². The van der Waals surface area contributed by atoms with Crippen LogP contribution in [0.1, 0.15) is 10.4 Å². The molecule has 11 heavy (non-hydrogen) atoms. The van der Waals surface area contributed by atoms with Crippen molar-refractivity contribution in [2.24, 2.45) is 0 Å². The zero-order chi connectivity index (χ0) is 8.43. The van der Waals surface area contributed by atoms with E-state index >= 15 is 0 Å². The Morgan fingerprint density at radius 3 is 2.27 bits per heavy atom. The standard InChI is InChI=1S/C7H3BrCl2O/c8-7-4(3-11)5(9)1-2-6(7)10/h1-3H. The molecular formula is C7H3BrCl2O. The summed E-state index contributed by atoms with van der Waals surface area (Å²) in [5.74, 6) is 0. The number of benzene rings is 1. The minimum absolute atomic E-state index is 0.388. The average Bonchev–Trinajstić information content (AvgIpc) is 1.99. The van der Waals surface area contributed by atoms with Gasteiger partial charge in [0.05, 0.1) is 10.0 Å². The van der Waals surface area contributed by atoms with Gasteiger partial charge in [0, 0.05) is 10.0 Å². The van der Waals surface area contributed by atoms with Gasteiger partial charge in [-0.05, 0) is 28.1 Å². The predicted molar refractivity (Wildman–Crippen MR) is 49.5 cm³/mol. The summed E-state index contributed by atoms with van der Waals surface area (Å²) in [6.07, 6.45) is 0.665. The van der Waals surface area contributed by atoms with E-state index in [0.29, 0.717) is 26.4 Å². The molecule has 0 aliphatic carbocycles. The van der Waals surface area contributed by atoms with Gasteiger partial charge in [-0.25, -0.2) is 0 Å². The number of halogens is 3. The summed E-state index contributed by atoms with van der Waals surface area (Å²) in [5, 5.41) is 0.882. The zero-order valence-corrected chi connectivity index (χ0v) is 8.37. The number of hydrogen-bond acceptors (Lipinski definition) is 1. The highest BCUT2D eigenvalue weighted by Gasteiger charge is 2.06. The van der Waals surface area contributed by atoms with E-state index in [-0.39, 0.29) is 0 Å². The minimum atomic E-state index is 0.388. The molecule has 0 aliphatic heterocycles. The third kappa shape index (κ3) is 1.75. The first kappa shape index (κ1) is 9.04. The van der Waals surface area contributed by atoms with Gasteiger partial charge in [0.25, 0.3) is 0 Å². The van der Waals surface area contributed by atoms with Gasteiger partial charge < -0.3 is 0 Å². The summed E-state index contributed by atoms with van der Waals surface area (Å²) in [7, 11) is 0. The molecule has 58 valence electrons. The number of hydrogen-bond donors (Lipinski definition) is 0. The lowest BCUT2D eigenvalue weighted by atomic mass is 10.2. The number of aldehydes is 1. The quantitative estimate of drug-likeness (QED) is 0.553. The van der Waals surface area contributed by atoms with Crippen molar-refractivity contribution in [3.8, 4) is 0 Å². The van der Waals surface area contributed by atoms with Crippen LogP contribution in [-0.4, -0.2) is 6.29 Å². The van der Waals surface area contributed by atoms with Gasteiger partial charge in [-0.3, -0.25) is 4.79 Å². The Kier molecular flexibility index (Phi) is 2.93. The van der Waals surface area contributed by atoms with Gasteiger partial charge in [0.2, 0.25) is 0 Å². The maximum atomic E-state index is 10.4. The Hall–Kier alpha value is -0.0500. The molecule has 0 saturated heterocycles. The van der Waals surface area contributed by atoms with Crippen molar-refractivity contribution in [1.29, 1.82) is 0 Å². The van der Waals surface area contributed by atoms with Gasteiger partial charge >= 0.3 is 0 Å². The largest absolute Gasteiger partial charge is 0.298 e. The summed E-state index contributed by atoms with van der Waals surface area (Å²) in [6, 6.07) is 3.21. The summed E-state index contributed by atoms with van der Waals surface area (Å²) in [4.78, 5) is 10.4. The molecule has 0 heterocycles. The molecule has 0 aromatic heterocycles. The van der Waals surface area contributed by atoms with E-state index in [9.17, 15) is 4.79 Å². The van der Waals surface area contributed by atoms with Crippen molar-refractivity contribution in [2.75, 3.05) is 0 Å². The first-order chi connectivity index (χ1) is 5.16. The second-order valence-corrected chi connectivity index (χ2v) is 3.48. The van der Waals surface area contributed by atoms with Gasteiger partial charge in [-0.15, -0.1) is 0 Å².